The van der Waals surface area contributed by atoms with Crippen LogP contribution in [0.1, 0.15) is 6.92 Å². The Balaban J connectivity index is 2.10. The molecule has 0 spiro atoms. The van der Waals surface area contributed by atoms with Crippen molar-refractivity contribution in [3.05, 3.63) is 18.2 Å². The zero-order valence-electron chi connectivity index (χ0n) is 9.76. The lowest BCUT2D eigenvalue weighted by molar-refractivity contribution is -0.145. The second-order valence-corrected chi connectivity index (χ2v) is 4.21. The Kier molecular flexibility index (Phi) is 3.21. The number of rotatable bonds is 2. The summed E-state index contributed by atoms with van der Waals surface area (Å²) in [5, 5.41) is 0. The van der Waals surface area contributed by atoms with Gasteiger partial charge in [-0.2, -0.15) is 0 Å². The van der Waals surface area contributed by atoms with E-state index in [1.165, 1.54) is 7.11 Å². The van der Waals surface area contributed by atoms with Crippen LogP contribution in [0.4, 0.5) is 10.3 Å². The Morgan fingerprint density at radius 1 is 1.47 bits per heavy atom. The third-order valence-electron chi connectivity index (χ3n) is 3.01. The molecule has 1 aromatic heterocycles. The van der Waals surface area contributed by atoms with Crippen molar-refractivity contribution >= 4 is 11.9 Å². The minimum absolute atomic E-state index is 0.173. The predicted octanol–water partition coefficient (Wildman–Crippen LogP) is 0.861. The molecule has 17 heavy (non-hydrogen) atoms. The van der Waals surface area contributed by atoms with Crippen LogP contribution >= 0.6 is 0 Å². The van der Waals surface area contributed by atoms with E-state index >= 15 is 0 Å². The van der Waals surface area contributed by atoms with Gasteiger partial charge in [-0.15, -0.1) is 0 Å². The van der Waals surface area contributed by atoms with Crippen molar-refractivity contribution in [3.8, 4) is 0 Å². The predicted molar refractivity (Wildman–Crippen MR) is 58.9 cm³/mol. The molecular weight excluding hydrogens is 225 g/mol. The smallest absolute Gasteiger partial charge is 0.310 e. The standard InChI is InChI=1S/C11H14FN3O2/c1-7-5-15(6-9(7)10(16)17-2)11-13-3-8(12)4-14-11/h3-4,7,9H,5-6H2,1-2H3. The highest BCUT2D eigenvalue weighted by Crippen LogP contribution is 2.26. The van der Waals surface area contributed by atoms with Crippen LogP contribution in [0, 0.1) is 17.7 Å². The third kappa shape index (κ3) is 2.35. The van der Waals surface area contributed by atoms with Gasteiger partial charge < -0.3 is 9.64 Å². The van der Waals surface area contributed by atoms with E-state index in [1.807, 2.05) is 11.8 Å². The van der Waals surface area contributed by atoms with Crippen molar-refractivity contribution in [2.75, 3.05) is 25.1 Å². The van der Waals surface area contributed by atoms with Gasteiger partial charge in [0.15, 0.2) is 5.82 Å². The Morgan fingerprint density at radius 3 is 2.71 bits per heavy atom. The molecule has 0 bridgehead atoms. The van der Waals surface area contributed by atoms with Crippen LogP contribution in [0.3, 0.4) is 0 Å². The molecule has 2 unspecified atom stereocenters. The van der Waals surface area contributed by atoms with Gasteiger partial charge in [0, 0.05) is 13.1 Å². The first-order valence-corrected chi connectivity index (χ1v) is 5.42. The summed E-state index contributed by atoms with van der Waals surface area (Å²) >= 11 is 0. The monoisotopic (exact) mass is 239 g/mol. The minimum Gasteiger partial charge on any atom is -0.469 e. The SMILES string of the molecule is COC(=O)C1CN(c2ncc(F)cn2)CC1C. The molecule has 0 radical (unpaired) electrons. The van der Waals surface area contributed by atoms with E-state index in [2.05, 4.69) is 9.97 Å². The maximum Gasteiger partial charge on any atom is 0.310 e. The maximum absolute atomic E-state index is 12.7. The summed E-state index contributed by atoms with van der Waals surface area (Å²) in [5.74, 6) is -0.234. The van der Waals surface area contributed by atoms with Gasteiger partial charge in [0.1, 0.15) is 0 Å². The van der Waals surface area contributed by atoms with Crippen LogP contribution < -0.4 is 4.90 Å². The van der Waals surface area contributed by atoms with Crippen molar-refractivity contribution < 1.29 is 13.9 Å². The summed E-state index contributed by atoms with van der Waals surface area (Å²) in [6.07, 6.45) is 2.25. The Hall–Kier alpha value is -1.72. The number of halogens is 1. The van der Waals surface area contributed by atoms with Crippen molar-refractivity contribution in [1.82, 2.24) is 9.97 Å². The second kappa shape index (κ2) is 4.65. The Labute approximate surface area is 98.6 Å². The maximum atomic E-state index is 12.7. The van der Waals surface area contributed by atoms with Crippen molar-refractivity contribution in [3.63, 3.8) is 0 Å². The van der Waals surface area contributed by atoms with Crippen LogP contribution in [-0.4, -0.2) is 36.1 Å². The topological polar surface area (TPSA) is 55.3 Å². The summed E-state index contributed by atoms with van der Waals surface area (Å²) in [7, 11) is 1.38. The minimum atomic E-state index is -0.467. The third-order valence-corrected chi connectivity index (χ3v) is 3.01. The van der Waals surface area contributed by atoms with Crippen molar-refractivity contribution in [1.29, 1.82) is 0 Å². The Morgan fingerprint density at radius 2 is 2.12 bits per heavy atom. The summed E-state index contributed by atoms with van der Waals surface area (Å²) in [6, 6.07) is 0. The number of ether oxygens (including phenoxy) is 1. The van der Waals surface area contributed by atoms with Gasteiger partial charge >= 0.3 is 5.97 Å². The van der Waals surface area contributed by atoms with E-state index in [-0.39, 0.29) is 17.8 Å². The lowest BCUT2D eigenvalue weighted by atomic mass is 9.99. The molecule has 2 atom stereocenters. The molecule has 1 saturated heterocycles. The summed E-state index contributed by atoms with van der Waals surface area (Å²) in [4.78, 5) is 21.2. The lowest BCUT2D eigenvalue weighted by Crippen LogP contribution is -2.25. The van der Waals surface area contributed by atoms with E-state index in [1.54, 1.807) is 0 Å². The van der Waals surface area contributed by atoms with Crippen molar-refractivity contribution in [2.45, 2.75) is 6.92 Å². The normalized spacial score (nSPS) is 23.8. The molecule has 1 aliphatic rings. The highest BCUT2D eigenvalue weighted by molar-refractivity contribution is 5.74. The lowest BCUT2D eigenvalue weighted by Gasteiger charge is -2.14. The molecule has 6 heteroatoms. The first kappa shape index (κ1) is 11.8. The zero-order valence-corrected chi connectivity index (χ0v) is 9.76. The quantitative estimate of drug-likeness (QED) is 0.716. The number of esters is 1. The molecule has 0 aromatic carbocycles. The largest absolute Gasteiger partial charge is 0.469 e. The van der Waals surface area contributed by atoms with E-state index in [9.17, 15) is 9.18 Å². The summed E-state index contributed by atoms with van der Waals surface area (Å²) < 4.78 is 17.4. The molecule has 1 fully saturated rings. The highest BCUT2D eigenvalue weighted by atomic mass is 19.1. The van der Waals surface area contributed by atoms with E-state index in [4.69, 9.17) is 4.74 Å². The van der Waals surface area contributed by atoms with Crippen molar-refractivity contribution in [2.24, 2.45) is 11.8 Å². The number of hydrogen-bond donors (Lipinski definition) is 0. The first-order chi connectivity index (χ1) is 8.11. The molecule has 2 heterocycles. The van der Waals surface area contributed by atoms with Crippen LogP contribution in [0.25, 0.3) is 0 Å². The zero-order chi connectivity index (χ0) is 12.4. The number of carbonyl (C=O) groups excluding carboxylic acids is 1. The van der Waals surface area contributed by atoms with Crippen LogP contribution in [-0.2, 0) is 9.53 Å². The highest BCUT2D eigenvalue weighted by Gasteiger charge is 2.36. The summed E-state index contributed by atoms with van der Waals surface area (Å²) in [5.41, 5.74) is 0. The average molecular weight is 239 g/mol. The van der Waals surface area contributed by atoms with Gasteiger partial charge in [0.2, 0.25) is 5.95 Å². The van der Waals surface area contributed by atoms with Crippen LogP contribution in [0.5, 0.6) is 0 Å². The van der Waals surface area contributed by atoms with Crippen LogP contribution in [0.15, 0.2) is 12.4 Å². The average Bonchev–Trinajstić information content (AvgIpc) is 2.71. The fraction of sp³-hybridized carbons (Fsp3) is 0.545. The van der Waals surface area contributed by atoms with Gasteiger partial charge in [-0.25, -0.2) is 14.4 Å². The van der Waals surface area contributed by atoms with E-state index in [0.717, 1.165) is 12.4 Å². The Bertz CT molecular complexity index is 410. The first-order valence-electron chi connectivity index (χ1n) is 5.42. The number of hydrogen-bond acceptors (Lipinski definition) is 5. The molecule has 0 saturated carbocycles. The van der Waals surface area contributed by atoms with E-state index < -0.39 is 5.82 Å². The molecular formula is C11H14FN3O2. The van der Waals surface area contributed by atoms with E-state index in [0.29, 0.717) is 19.0 Å². The molecule has 1 aliphatic heterocycles. The van der Waals surface area contributed by atoms with Gasteiger partial charge in [-0.1, -0.05) is 6.92 Å². The molecule has 5 nitrogen and oxygen atoms in total. The number of nitrogens with zero attached hydrogens (tertiary/aromatic N) is 3. The molecule has 2 rings (SSSR count). The molecule has 92 valence electrons. The second-order valence-electron chi connectivity index (χ2n) is 4.21. The van der Waals surface area contributed by atoms with Crippen LogP contribution in [0.2, 0.25) is 0 Å². The van der Waals surface area contributed by atoms with Gasteiger partial charge in [0.05, 0.1) is 25.4 Å². The number of carbonyl (C=O) groups is 1. The van der Waals surface area contributed by atoms with Gasteiger partial charge in [0.25, 0.3) is 0 Å². The molecule has 0 aliphatic carbocycles. The number of aromatic nitrogens is 2. The fourth-order valence-corrected chi connectivity index (χ4v) is 2.06. The molecule has 1 aromatic rings. The summed E-state index contributed by atoms with van der Waals surface area (Å²) in [6.45, 7) is 3.16. The fourth-order valence-electron chi connectivity index (χ4n) is 2.06. The number of methoxy groups -OCH3 is 1. The number of anilines is 1. The molecule has 0 N–H and O–H groups in total. The van der Waals surface area contributed by atoms with Gasteiger partial charge in [-0.3, -0.25) is 4.79 Å². The molecule has 0 amide bonds. The van der Waals surface area contributed by atoms with Gasteiger partial charge in [-0.05, 0) is 5.92 Å².